The predicted molar refractivity (Wildman–Crippen MR) is 115 cm³/mol. The number of fused-ring (bicyclic) bond motifs is 2. The highest BCUT2D eigenvalue weighted by Crippen LogP contribution is 2.43. The van der Waals surface area contributed by atoms with E-state index in [2.05, 4.69) is 0 Å². The zero-order chi connectivity index (χ0) is 22.8. The second-order valence-electron chi connectivity index (χ2n) is 7.91. The molecule has 0 bridgehead atoms. The Bertz CT molecular complexity index is 1160. The largest absolute Gasteiger partial charge is 0.491 e. The summed E-state index contributed by atoms with van der Waals surface area (Å²) < 4.78 is 69.0. The van der Waals surface area contributed by atoms with Crippen molar-refractivity contribution < 1.29 is 27.0 Å². The lowest BCUT2D eigenvalue weighted by molar-refractivity contribution is 0.306. The summed E-state index contributed by atoms with van der Waals surface area (Å²) in [5, 5.41) is 0. The van der Waals surface area contributed by atoms with Gasteiger partial charge >= 0.3 is 0 Å². The van der Waals surface area contributed by atoms with Crippen LogP contribution in [0, 0.1) is 23.3 Å². The van der Waals surface area contributed by atoms with E-state index in [4.69, 9.17) is 9.47 Å². The topological polar surface area (TPSA) is 18.5 Å². The van der Waals surface area contributed by atoms with Crippen molar-refractivity contribution in [2.75, 3.05) is 6.61 Å². The van der Waals surface area contributed by atoms with Crippen molar-refractivity contribution in [2.45, 2.75) is 46.0 Å². The molecule has 0 unspecified atom stereocenters. The van der Waals surface area contributed by atoms with Crippen molar-refractivity contribution in [3.05, 3.63) is 87.5 Å². The number of ether oxygens (including phenoxy) is 2. The molecule has 32 heavy (non-hydrogen) atoms. The number of benzene rings is 3. The van der Waals surface area contributed by atoms with E-state index in [9.17, 15) is 13.2 Å². The number of aryl methyl sites for hydroxylation is 3. The minimum atomic E-state index is -1.20. The van der Waals surface area contributed by atoms with E-state index in [1.807, 2.05) is 13.0 Å². The van der Waals surface area contributed by atoms with Gasteiger partial charge in [-0.15, -0.1) is 0 Å². The van der Waals surface area contributed by atoms with Gasteiger partial charge in [0.1, 0.15) is 5.82 Å². The van der Waals surface area contributed by atoms with Crippen LogP contribution in [0.15, 0.2) is 36.4 Å². The first kappa shape index (κ1) is 22.2. The van der Waals surface area contributed by atoms with Crippen LogP contribution in [0.2, 0.25) is 0 Å². The first-order valence-corrected chi connectivity index (χ1v) is 10.8. The smallest absolute Gasteiger partial charge is 0.205 e. The molecule has 6 heteroatoms. The van der Waals surface area contributed by atoms with Crippen LogP contribution in [0.25, 0.3) is 0 Å². The molecule has 1 heterocycles. The van der Waals surface area contributed by atoms with Gasteiger partial charge in [-0.2, -0.15) is 8.78 Å². The number of hydrogen-bond acceptors (Lipinski definition) is 2. The second-order valence-corrected chi connectivity index (χ2v) is 7.91. The molecule has 0 spiro atoms. The van der Waals surface area contributed by atoms with Gasteiger partial charge in [0, 0.05) is 17.5 Å². The van der Waals surface area contributed by atoms with Gasteiger partial charge in [0.15, 0.2) is 23.1 Å². The van der Waals surface area contributed by atoms with E-state index in [1.165, 1.54) is 12.1 Å². The fraction of sp³-hybridized carbons (Fsp3) is 0.308. The van der Waals surface area contributed by atoms with Crippen molar-refractivity contribution in [1.82, 2.24) is 0 Å². The lowest BCUT2D eigenvalue weighted by atomic mass is 9.95. The quantitative estimate of drug-likeness (QED) is 0.284. The van der Waals surface area contributed by atoms with E-state index in [0.717, 1.165) is 18.4 Å². The SMILES string of the molecule is CCCc1ccc(CCc2ccc3c(c2F)Oc2c(cc(OCC)c(F)c2F)C3)c(F)c1. The Morgan fingerprint density at radius 2 is 1.50 bits per heavy atom. The van der Waals surface area contributed by atoms with Gasteiger partial charge in [-0.25, -0.2) is 8.78 Å². The molecule has 0 fully saturated rings. The summed E-state index contributed by atoms with van der Waals surface area (Å²) >= 11 is 0. The molecule has 0 radical (unpaired) electrons. The molecule has 0 aromatic heterocycles. The van der Waals surface area contributed by atoms with Crippen molar-refractivity contribution >= 4 is 0 Å². The maximum atomic E-state index is 15.2. The Morgan fingerprint density at radius 1 is 0.781 bits per heavy atom. The van der Waals surface area contributed by atoms with Gasteiger partial charge in [-0.1, -0.05) is 37.6 Å². The lowest BCUT2D eigenvalue weighted by Crippen LogP contribution is -2.11. The van der Waals surface area contributed by atoms with Crippen LogP contribution in [0.1, 0.15) is 48.1 Å². The van der Waals surface area contributed by atoms with Crippen LogP contribution in [-0.4, -0.2) is 6.61 Å². The average molecular weight is 444 g/mol. The van der Waals surface area contributed by atoms with E-state index in [0.29, 0.717) is 28.7 Å². The molecule has 2 nitrogen and oxygen atoms in total. The van der Waals surface area contributed by atoms with Crippen LogP contribution < -0.4 is 9.47 Å². The van der Waals surface area contributed by atoms with Crippen LogP contribution in [-0.2, 0) is 25.7 Å². The number of halogens is 4. The molecular weight excluding hydrogens is 420 g/mol. The van der Waals surface area contributed by atoms with Crippen LogP contribution >= 0.6 is 0 Å². The Morgan fingerprint density at radius 3 is 2.22 bits per heavy atom. The van der Waals surface area contributed by atoms with Crippen molar-refractivity contribution in [1.29, 1.82) is 0 Å². The minimum absolute atomic E-state index is 0.115. The maximum Gasteiger partial charge on any atom is 0.205 e. The van der Waals surface area contributed by atoms with Gasteiger partial charge in [-0.3, -0.25) is 0 Å². The molecule has 0 aliphatic carbocycles. The molecule has 0 amide bonds. The van der Waals surface area contributed by atoms with E-state index in [-0.39, 0.29) is 42.5 Å². The molecule has 3 aromatic rings. The third-order valence-electron chi connectivity index (χ3n) is 5.67. The van der Waals surface area contributed by atoms with Crippen molar-refractivity contribution in [2.24, 2.45) is 0 Å². The van der Waals surface area contributed by atoms with E-state index >= 15 is 4.39 Å². The third kappa shape index (κ3) is 4.18. The normalized spacial score (nSPS) is 12.2. The molecule has 0 atom stereocenters. The molecule has 1 aliphatic heterocycles. The highest BCUT2D eigenvalue weighted by molar-refractivity contribution is 5.54. The Balaban J connectivity index is 1.57. The van der Waals surface area contributed by atoms with Gasteiger partial charge in [0.25, 0.3) is 0 Å². The summed E-state index contributed by atoms with van der Waals surface area (Å²) in [5.41, 5.74) is 2.69. The molecular formula is C26H24F4O2. The summed E-state index contributed by atoms with van der Waals surface area (Å²) in [6.45, 7) is 3.89. The van der Waals surface area contributed by atoms with Crippen LogP contribution in [0.4, 0.5) is 17.6 Å². The summed E-state index contributed by atoms with van der Waals surface area (Å²) in [6.07, 6.45) is 2.48. The minimum Gasteiger partial charge on any atom is -0.491 e. The zero-order valence-electron chi connectivity index (χ0n) is 18.0. The fourth-order valence-corrected chi connectivity index (χ4v) is 4.03. The summed E-state index contributed by atoms with van der Waals surface area (Å²) in [6, 6.07) is 9.87. The number of rotatable bonds is 7. The summed E-state index contributed by atoms with van der Waals surface area (Å²) in [7, 11) is 0. The van der Waals surface area contributed by atoms with Gasteiger partial charge in [0.2, 0.25) is 11.6 Å². The Labute approximate surface area is 184 Å². The molecule has 168 valence electrons. The summed E-state index contributed by atoms with van der Waals surface area (Å²) in [4.78, 5) is 0. The van der Waals surface area contributed by atoms with Gasteiger partial charge < -0.3 is 9.47 Å². The standard InChI is InChI=1S/C26H24F4O2/c1-3-5-15-6-7-16(20(27)12-15)8-9-17-10-11-18-13-19-14-21(31-4-2)23(29)24(30)26(19)32-25(18)22(17)28/h6-7,10-12,14H,3-5,8-9,13H2,1-2H3. The Hall–Kier alpha value is -3.02. The second kappa shape index (κ2) is 9.23. The van der Waals surface area contributed by atoms with Crippen molar-refractivity contribution in [3.8, 4) is 17.2 Å². The van der Waals surface area contributed by atoms with Crippen LogP contribution in [0.5, 0.6) is 17.2 Å². The van der Waals surface area contributed by atoms with Crippen LogP contribution in [0.3, 0.4) is 0 Å². The molecule has 1 aliphatic rings. The molecule has 4 rings (SSSR count). The van der Waals surface area contributed by atoms with E-state index in [1.54, 1.807) is 25.1 Å². The summed E-state index contributed by atoms with van der Waals surface area (Å²) in [5.74, 6) is -3.93. The zero-order valence-corrected chi connectivity index (χ0v) is 18.0. The van der Waals surface area contributed by atoms with Gasteiger partial charge in [-0.05, 0) is 55.0 Å². The molecule has 0 saturated carbocycles. The predicted octanol–water partition coefficient (Wildman–Crippen LogP) is 7.08. The lowest BCUT2D eigenvalue weighted by Gasteiger charge is -2.23. The first-order valence-electron chi connectivity index (χ1n) is 10.8. The van der Waals surface area contributed by atoms with E-state index < -0.39 is 17.5 Å². The maximum absolute atomic E-state index is 15.2. The fourth-order valence-electron chi connectivity index (χ4n) is 4.03. The Kier molecular flexibility index (Phi) is 6.40. The van der Waals surface area contributed by atoms with Crippen molar-refractivity contribution in [3.63, 3.8) is 0 Å². The highest BCUT2D eigenvalue weighted by atomic mass is 19.2. The third-order valence-corrected chi connectivity index (χ3v) is 5.67. The monoisotopic (exact) mass is 444 g/mol. The average Bonchev–Trinajstić information content (AvgIpc) is 2.77. The number of hydrogen-bond donors (Lipinski definition) is 0. The molecule has 0 N–H and O–H groups in total. The first-order chi connectivity index (χ1) is 15.4. The highest BCUT2D eigenvalue weighted by Gasteiger charge is 2.28. The van der Waals surface area contributed by atoms with Gasteiger partial charge in [0.05, 0.1) is 6.61 Å². The molecule has 3 aromatic carbocycles. The molecule has 0 saturated heterocycles.